The highest BCUT2D eigenvalue weighted by molar-refractivity contribution is 7.92. The molecule has 198 valence electrons. The number of rotatable bonds is 10. The maximum atomic E-state index is 12.7. The van der Waals surface area contributed by atoms with Gasteiger partial charge in [-0.1, -0.05) is 18.3 Å². The third kappa shape index (κ3) is 7.47. The van der Waals surface area contributed by atoms with E-state index in [1.165, 1.54) is 0 Å². The highest BCUT2D eigenvalue weighted by Gasteiger charge is 2.26. The number of esters is 1. The predicted octanol–water partition coefficient (Wildman–Crippen LogP) is 2.02. The minimum Gasteiger partial charge on any atom is -0.462 e. The molecule has 2 heterocycles. The van der Waals surface area contributed by atoms with Crippen LogP contribution in [0, 0.1) is 5.92 Å². The van der Waals surface area contributed by atoms with Gasteiger partial charge in [-0.15, -0.1) is 0 Å². The van der Waals surface area contributed by atoms with Crippen LogP contribution in [-0.2, 0) is 35.4 Å². The van der Waals surface area contributed by atoms with E-state index in [-0.39, 0.29) is 6.61 Å². The molecule has 12 heteroatoms. The number of amides is 2. The monoisotopic (exact) mass is 539 g/mol. The number of benzene rings is 1. The molecular weight excluding hydrogens is 506 g/mol. The highest BCUT2D eigenvalue weighted by atomic mass is 32.2. The van der Waals surface area contributed by atoms with Gasteiger partial charge in [0.05, 0.1) is 29.0 Å². The Morgan fingerprint density at radius 2 is 1.83 bits per heavy atom. The average Bonchev–Trinajstić information content (AvgIpc) is 3.15. The Bertz CT molecular complexity index is 1270. The molecule has 3 rings (SSSR count). The number of nitrogens with zero attached hydrogens (tertiary/aromatic N) is 3. The van der Waals surface area contributed by atoms with E-state index in [1.54, 1.807) is 34.6 Å². The Kier molecular flexibility index (Phi) is 9.80. The highest BCUT2D eigenvalue weighted by Crippen LogP contribution is 2.20. The van der Waals surface area contributed by atoms with Gasteiger partial charge in [0.2, 0.25) is 5.91 Å². The fourth-order valence-corrected chi connectivity index (χ4v) is 6.15. The van der Waals surface area contributed by atoms with Crippen LogP contribution in [0.25, 0.3) is 10.2 Å². The van der Waals surface area contributed by atoms with Crippen LogP contribution in [-0.4, -0.2) is 80.1 Å². The number of sulfone groups is 1. The molecule has 1 saturated heterocycles. The minimum atomic E-state index is -3.98. The van der Waals surface area contributed by atoms with Crippen molar-refractivity contribution in [3.8, 4) is 0 Å². The summed E-state index contributed by atoms with van der Waals surface area (Å²) in [6, 6.07) is 5.03. The second kappa shape index (κ2) is 12.6. The largest absolute Gasteiger partial charge is 0.462 e. The normalized spacial score (nSPS) is 15.4. The molecule has 10 nitrogen and oxygen atoms in total. The van der Waals surface area contributed by atoms with Crippen molar-refractivity contribution in [2.45, 2.75) is 40.2 Å². The Morgan fingerprint density at radius 3 is 2.50 bits per heavy atom. The van der Waals surface area contributed by atoms with E-state index >= 15 is 0 Å². The van der Waals surface area contributed by atoms with Crippen LogP contribution in [0.5, 0.6) is 0 Å². The second-order valence-electron chi connectivity index (χ2n) is 8.74. The molecule has 1 aromatic heterocycles. The lowest BCUT2D eigenvalue weighted by Crippen LogP contribution is -2.41. The summed E-state index contributed by atoms with van der Waals surface area (Å²) < 4.78 is 38.1. The molecule has 1 fully saturated rings. The van der Waals surface area contributed by atoms with Gasteiger partial charge >= 0.3 is 5.97 Å². The molecule has 0 aliphatic carbocycles. The first-order chi connectivity index (χ1) is 17.1. The summed E-state index contributed by atoms with van der Waals surface area (Å²) in [7, 11) is -3.98. The van der Waals surface area contributed by atoms with E-state index in [0.29, 0.717) is 53.8 Å². The topological polar surface area (TPSA) is 124 Å². The molecule has 0 atom stereocenters. The molecule has 2 amide bonds. The predicted molar refractivity (Wildman–Crippen MR) is 136 cm³/mol. The number of hydrogen-bond donors (Lipinski definition) is 0. The van der Waals surface area contributed by atoms with Gasteiger partial charge in [-0.2, -0.15) is 4.99 Å². The van der Waals surface area contributed by atoms with E-state index in [9.17, 15) is 22.8 Å². The summed E-state index contributed by atoms with van der Waals surface area (Å²) in [5, 5.41) is 0. The van der Waals surface area contributed by atoms with Gasteiger partial charge in [-0.3, -0.25) is 9.59 Å². The van der Waals surface area contributed by atoms with Gasteiger partial charge in [0.1, 0.15) is 11.5 Å². The molecule has 2 aromatic rings. The lowest BCUT2D eigenvalue weighted by Gasteiger charge is -2.30. The van der Waals surface area contributed by atoms with Crippen LogP contribution < -0.4 is 4.80 Å². The second-order valence-corrected chi connectivity index (χ2v) is 11.8. The van der Waals surface area contributed by atoms with Crippen LogP contribution in [0.1, 0.15) is 44.0 Å². The van der Waals surface area contributed by atoms with E-state index in [0.717, 1.165) is 29.7 Å². The minimum absolute atomic E-state index is 0.249. The SMILES string of the molecule is CCOCCn1c(=NC(=O)CS(=O)(=O)CC(=O)N2CCC(C)CC2)sc2cc(C(=O)OCC)ccc21. The number of thiazole rings is 1. The summed E-state index contributed by atoms with van der Waals surface area (Å²) in [5.74, 6) is -2.83. The van der Waals surface area contributed by atoms with Crippen molar-refractivity contribution in [1.82, 2.24) is 9.47 Å². The standard InChI is InChI=1S/C24H33N3O7S2/c1-4-33-13-12-27-19-7-6-18(23(30)34-5-2)14-20(19)35-24(27)25-21(28)15-36(31,32)16-22(29)26-10-8-17(3)9-11-26/h6-7,14,17H,4-5,8-13,15-16H2,1-3H3. The molecule has 0 unspecified atom stereocenters. The van der Waals surface area contributed by atoms with Gasteiger partial charge in [0.15, 0.2) is 14.6 Å². The quantitative estimate of drug-likeness (QED) is 0.334. The maximum Gasteiger partial charge on any atom is 0.338 e. The Labute approximate surface area is 214 Å². The van der Waals surface area contributed by atoms with Crippen LogP contribution in [0.3, 0.4) is 0 Å². The third-order valence-electron chi connectivity index (χ3n) is 5.90. The van der Waals surface area contributed by atoms with E-state index in [2.05, 4.69) is 11.9 Å². The molecular formula is C24H33N3O7S2. The molecule has 0 spiro atoms. The number of fused-ring (bicyclic) bond motifs is 1. The Balaban J connectivity index is 1.82. The van der Waals surface area contributed by atoms with Crippen molar-refractivity contribution >= 4 is 49.2 Å². The van der Waals surface area contributed by atoms with Gasteiger partial charge in [-0.25, -0.2) is 13.2 Å². The molecule has 36 heavy (non-hydrogen) atoms. The first-order valence-corrected chi connectivity index (χ1v) is 14.7. The molecule has 1 aromatic carbocycles. The maximum absolute atomic E-state index is 12.7. The third-order valence-corrected chi connectivity index (χ3v) is 8.32. The fraction of sp³-hybridized carbons (Fsp3) is 0.583. The van der Waals surface area contributed by atoms with Crippen molar-refractivity contribution in [1.29, 1.82) is 0 Å². The zero-order chi connectivity index (χ0) is 26.3. The smallest absolute Gasteiger partial charge is 0.338 e. The summed E-state index contributed by atoms with van der Waals surface area (Å²) in [6.07, 6.45) is 1.68. The summed E-state index contributed by atoms with van der Waals surface area (Å²) in [6.45, 7) is 8.27. The molecule has 0 bridgehead atoms. The number of likely N-dealkylation sites (tertiary alicyclic amines) is 1. The fourth-order valence-electron chi connectivity index (χ4n) is 3.93. The lowest BCUT2D eigenvalue weighted by molar-refractivity contribution is -0.129. The van der Waals surface area contributed by atoms with Gasteiger partial charge in [-0.05, 0) is 50.8 Å². The number of aromatic nitrogens is 1. The van der Waals surface area contributed by atoms with Crippen LogP contribution in [0.2, 0.25) is 0 Å². The van der Waals surface area contributed by atoms with Gasteiger partial charge in [0, 0.05) is 26.2 Å². The Hall–Kier alpha value is -2.57. The number of hydrogen-bond acceptors (Lipinski definition) is 8. The number of carbonyl (C=O) groups is 3. The number of carbonyl (C=O) groups excluding carboxylic acids is 3. The van der Waals surface area contributed by atoms with Crippen molar-refractivity contribution in [2.24, 2.45) is 10.9 Å². The van der Waals surface area contributed by atoms with Crippen molar-refractivity contribution < 1.29 is 32.3 Å². The average molecular weight is 540 g/mol. The van der Waals surface area contributed by atoms with Gasteiger partial charge in [0.25, 0.3) is 5.91 Å². The van der Waals surface area contributed by atoms with E-state index < -0.39 is 39.1 Å². The Morgan fingerprint density at radius 1 is 1.11 bits per heavy atom. The number of ether oxygens (including phenoxy) is 2. The summed E-state index contributed by atoms with van der Waals surface area (Å²) >= 11 is 1.16. The zero-order valence-corrected chi connectivity index (χ0v) is 22.5. The van der Waals surface area contributed by atoms with Crippen LogP contribution in [0.15, 0.2) is 23.2 Å². The molecule has 0 radical (unpaired) electrons. The van der Waals surface area contributed by atoms with E-state index in [4.69, 9.17) is 9.47 Å². The van der Waals surface area contributed by atoms with Crippen molar-refractivity contribution in [3.05, 3.63) is 28.6 Å². The molecule has 0 saturated carbocycles. The first-order valence-electron chi connectivity index (χ1n) is 12.1. The molecule has 1 aliphatic rings. The van der Waals surface area contributed by atoms with Crippen LogP contribution >= 0.6 is 11.3 Å². The summed E-state index contributed by atoms with van der Waals surface area (Å²) in [4.78, 5) is 43.2. The summed E-state index contributed by atoms with van der Waals surface area (Å²) in [5.41, 5.74) is 1.10. The first kappa shape index (κ1) is 28.0. The van der Waals surface area contributed by atoms with Crippen LogP contribution in [0.4, 0.5) is 0 Å². The zero-order valence-electron chi connectivity index (χ0n) is 20.9. The van der Waals surface area contributed by atoms with Crippen molar-refractivity contribution in [2.75, 3.05) is 44.4 Å². The van der Waals surface area contributed by atoms with E-state index in [1.807, 2.05) is 6.92 Å². The molecule has 0 N–H and O–H groups in total. The lowest BCUT2D eigenvalue weighted by atomic mass is 9.99. The number of piperidine rings is 1. The van der Waals surface area contributed by atoms with Crippen molar-refractivity contribution in [3.63, 3.8) is 0 Å². The molecule has 1 aliphatic heterocycles. The van der Waals surface area contributed by atoms with Gasteiger partial charge < -0.3 is 18.9 Å².